The lowest BCUT2D eigenvalue weighted by atomic mass is 10.4. The molecule has 19 heavy (non-hydrogen) atoms. The van der Waals surface area contributed by atoms with Crippen LogP contribution in [0, 0.1) is 0 Å². The minimum absolute atomic E-state index is 0. The van der Waals surface area contributed by atoms with Crippen molar-refractivity contribution in [3.05, 3.63) is 18.5 Å². The summed E-state index contributed by atoms with van der Waals surface area (Å²) in [4.78, 5) is 4.49. The molecule has 0 spiro atoms. The quantitative estimate of drug-likeness (QED) is 0.422. The SMILES string of the molecule is CCNC(=NCCn1cccn1)NC(C)COC.I. The lowest BCUT2D eigenvalue weighted by molar-refractivity contribution is 0.179. The zero-order valence-corrected chi connectivity index (χ0v) is 14.1. The first-order valence-corrected chi connectivity index (χ1v) is 6.27. The number of ether oxygens (including phenoxy) is 1. The van der Waals surface area contributed by atoms with Crippen molar-refractivity contribution in [1.82, 2.24) is 20.4 Å². The van der Waals surface area contributed by atoms with Gasteiger partial charge >= 0.3 is 0 Å². The van der Waals surface area contributed by atoms with Gasteiger partial charge in [0.2, 0.25) is 0 Å². The van der Waals surface area contributed by atoms with Crippen LogP contribution in [0.3, 0.4) is 0 Å². The molecule has 0 radical (unpaired) electrons. The van der Waals surface area contributed by atoms with Crippen LogP contribution in [0.5, 0.6) is 0 Å². The zero-order valence-electron chi connectivity index (χ0n) is 11.8. The van der Waals surface area contributed by atoms with Crippen molar-refractivity contribution in [2.75, 3.05) is 26.8 Å². The number of rotatable bonds is 7. The number of hydrogen-bond donors (Lipinski definition) is 2. The first-order chi connectivity index (χ1) is 8.76. The van der Waals surface area contributed by atoms with E-state index < -0.39 is 0 Å². The van der Waals surface area contributed by atoms with Gasteiger partial charge in [0.1, 0.15) is 0 Å². The molecule has 1 aromatic heterocycles. The fraction of sp³-hybridized carbons (Fsp3) is 0.667. The summed E-state index contributed by atoms with van der Waals surface area (Å²) in [6, 6.07) is 2.14. The first-order valence-electron chi connectivity index (χ1n) is 6.27. The molecule has 1 unspecified atom stereocenters. The van der Waals surface area contributed by atoms with Gasteiger partial charge in [-0.25, -0.2) is 0 Å². The lowest BCUT2D eigenvalue weighted by Gasteiger charge is -2.16. The molecule has 0 saturated heterocycles. The van der Waals surface area contributed by atoms with E-state index >= 15 is 0 Å². The van der Waals surface area contributed by atoms with Crippen LogP contribution in [-0.4, -0.2) is 48.6 Å². The third-order valence-corrected chi connectivity index (χ3v) is 2.30. The molecule has 1 rings (SSSR count). The fourth-order valence-corrected chi connectivity index (χ4v) is 1.54. The van der Waals surface area contributed by atoms with Crippen molar-refractivity contribution >= 4 is 29.9 Å². The van der Waals surface area contributed by atoms with E-state index in [0.29, 0.717) is 13.2 Å². The van der Waals surface area contributed by atoms with E-state index in [1.54, 1.807) is 13.3 Å². The fourth-order valence-electron chi connectivity index (χ4n) is 1.54. The van der Waals surface area contributed by atoms with Crippen LogP contribution < -0.4 is 10.6 Å². The highest BCUT2D eigenvalue weighted by Gasteiger charge is 2.03. The van der Waals surface area contributed by atoms with Gasteiger partial charge < -0.3 is 15.4 Å². The van der Waals surface area contributed by atoms with Gasteiger partial charge in [-0.2, -0.15) is 5.10 Å². The van der Waals surface area contributed by atoms with E-state index in [9.17, 15) is 0 Å². The van der Waals surface area contributed by atoms with Crippen molar-refractivity contribution in [2.45, 2.75) is 26.4 Å². The molecule has 0 aliphatic carbocycles. The van der Waals surface area contributed by atoms with Crippen LogP contribution in [0.15, 0.2) is 23.5 Å². The zero-order chi connectivity index (χ0) is 13.2. The summed E-state index contributed by atoms with van der Waals surface area (Å²) in [5.74, 6) is 0.814. The van der Waals surface area contributed by atoms with E-state index in [0.717, 1.165) is 19.0 Å². The van der Waals surface area contributed by atoms with E-state index in [-0.39, 0.29) is 30.0 Å². The van der Waals surface area contributed by atoms with E-state index in [4.69, 9.17) is 4.74 Å². The second kappa shape index (κ2) is 11.0. The molecule has 0 aliphatic rings. The molecule has 6 nitrogen and oxygen atoms in total. The van der Waals surface area contributed by atoms with Crippen LogP contribution in [0.4, 0.5) is 0 Å². The van der Waals surface area contributed by atoms with Crippen LogP contribution in [-0.2, 0) is 11.3 Å². The smallest absolute Gasteiger partial charge is 0.191 e. The lowest BCUT2D eigenvalue weighted by Crippen LogP contribution is -2.44. The van der Waals surface area contributed by atoms with Crippen molar-refractivity contribution in [2.24, 2.45) is 4.99 Å². The van der Waals surface area contributed by atoms with Gasteiger partial charge in [0.15, 0.2) is 5.96 Å². The van der Waals surface area contributed by atoms with Crippen molar-refractivity contribution in [3.8, 4) is 0 Å². The van der Waals surface area contributed by atoms with Gasteiger partial charge in [0.25, 0.3) is 0 Å². The number of aromatic nitrogens is 2. The van der Waals surface area contributed by atoms with E-state index in [1.165, 1.54) is 0 Å². The number of nitrogens with zero attached hydrogens (tertiary/aromatic N) is 3. The van der Waals surface area contributed by atoms with Gasteiger partial charge in [0, 0.05) is 32.1 Å². The Balaban J connectivity index is 0.00000324. The molecular weight excluding hydrogens is 357 g/mol. The maximum absolute atomic E-state index is 5.09. The molecular formula is C12H24IN5O. The third kappa shape index (κ3) is 8.04. The first kappa shape index (κ1) is 18.2. The maximum atomic E-state index is 5.09. The minimum atomic E-state index is 0. The van der Waals surface area contributed by atoms with Crippen LogP contribution in [0.2, 0.25) is 0 Å². The number of nitrogens with one attached hydrogen (secondary N) is 2. The summed E-state index contributed by atoms with van der Waals surface area (Å²) in [5, 5.41) is 10.6. The second-order valence-electron chi connectivity index (χ2n) is 4.03. The molecule has 110 valence electrons. The molecule has 2 N–H and O–H groups in total. The van der Waals surface area contributed by atoms with Gasteiger partial charge in [-0.3, -0.25) is 9.67 Å². The van der Waals surface area contributed by atoms with Crippen LogP contribution in [0.1, 0.15) is 13.8 Å². The average molecular weight is 381 g/mol. The molecule has 0 bridgehead atoms. The largest absolute Gasteiger partial charge is 0.383 e. The molecule has 1 aromatic rings. The summed E-state index contributed by atoms with van der Waals surface area (Å²) in [6.07, 6.45) is 3.71. The summed E-state index contributed by atoms with van der Waals surface area (Å²) in [7, 11) is 1.69. The van der Waals surface area contributed by atoms with Crippen molar-refractivity contribution in [3.63, 3.8) is 0 Å². The molecule has 1 atom stereocenters. The Labute approximate surface area is 132 Å². The van der Waals surface area contributed by atoms with Crippen LogP contribution in [0.25, 0.3) is 0 Å². The molecule has 0 fully saturated rings. The monoisotopic (exact) mass is 381 g/mol. The summed E-state index contributed by atoms with van der Waals surface area (Å²) in [5.41, 5.74) is 0. The van der Waals surface area contributed by atoms with E-state index in [1.807, 2.05) is 23.9 Å². The summed E-state index contributed by atoms with van der Waals surface area (Å²) in [6.45, 7) is 7.07. The van der Waals surface area contributed by atoms with E-state index in [2.05, 4.69) is 27.6 Å². The summed E-state index contributed by atoms with van der Waals surface area (Å²) >= 11 is 0. The van der Waals surface area contributed by atoms with Crippen LogP contribution >= 0.6 is 24.0 Å². The Morgan fingerprint density at radius 2 is 2.32 bits per heavy atom. The molecule has 1 heterocycles. The molecule has 7 heteroatoms. The summed E-state index contributed by atoms with van der Waals surface area (Å²) < 4.78 is 6.95. The topological polar surface area (TPSA) is 63.5 Å². The van der Waals surface area contributed by atoms with Gasteiger partial charge in [-0.15, -0.1) is 24.0 Å². The molecule has 0 aromatic carbocycles. The van der Waals surface area contributed by atoms with Crippen molar-refractivity contribution in [1.29, 1.82) is 0 Å². The average Bonchev–Trinajstić information content (AvgIpc) is 2.82. The number of methoxy groups -OCH3 is 1. The Morgan fingerprint density at radius 3 is 2.89 bits per heavy atom. The Morgan fingerprint density at radius 1 is 1.53 bits per heavy atom. The number of hydrogen-bond acceptors (Lipinski definition) is 3. The maximum Gasteiger partial charge on any atom is 0.191 e. The highest BCUT2D eigenvalue weighted by atomic mass is 127. The predicted molar refractivity (Wildman–Crippen MR) is 88.1 cm³/mol. The highest BCUT2D eigenvalue weighted by molar-refractivity contribution is 14.0. The third-order valence-electron chi connectivity index (χ3n) is 2.30. The number of halogens is 1. The van der Waals surface area contributed by atoms with Gasteiger partial charge in [-0.1, -0.05) is 0 Å². The Kier molecular flexibility index (Phi) is 10.6. The number of guanidine groups is 1. The van der Waals surface area contributed by atoms with Crippen molar-refractivity contribution < 1.29 is 4.74 Å². The molecule has 0 saturated carbocycles. The minimum Gasteiger partial charge on any atom is -0.383 e. The predicted octanol–water partition coefficient (Wildman–Crippen LogP) is 1.09. The Bertz CT molecular complexity index is 342. The Hall–Kier alpha value is -0.830. The number of aliphatic imine (C=N–C) groups is 1. The molecule has 0 amide bonds. The van der Waals surface area contributed by atoms with Gasteiger partial charge in [0.05, 0.1) is 19.7 Å². The standard InChI is InChI=1S/C12H23N5O.HI/c1-4-13-12(16-11(2)10-18-3)14-7-9-17-8-5-6-15-17;/h5-6,8,11H,4,7,9-10H2,1-3H3,(H2,13,14,16);1H. The van der Waals surface area contributed by atoms with Gasteiger partial charge in [-0.05, 0) is 19.9 Å². The second-order valence-corrected chi connectivity index (χ2v) is 4.03. The molecule has 0 aliphatic heterocycles. The highest BCUT2D eigenvalue weighted by Crippen LogP contribution is 1.87. The normalized spacial score (nSPS) is 12.7.